The van der Waals surface area contributed by atoms with Crippen LogP contribution in [0.4, 0.5) is 0 Å². The molecule has 1 atom stereocenters. The van der Waals surface area contributed by atoms with Crippen molar-refractivity contribution in [3.8, 4) is 0 Å². The van der Waals surface area contributed by atoms with Crippen LogP contribution in [0, 0.1) is 0 Å². The highest BCUT2D eigenvalue weighted by molar-refractivity contribution is 4.90. The Morgan fingerprint density at radius 1 is 1.53 bits per heavy atom. The molecule has 15 heavy (non-hydrogen) atoms. The molecule has 1 aromatic rings. The maximum absolute atomic E-state index is 5.18. The van der Waals surface area contributed by atoms with Gasteiger partial charge in [-0.2, -0.15) is 4.98 Å². The van der Waals surface area contributed by atoms with Crippen molar-refractivity contribution >= 4 is 0 Å². The van der Waals surface area contributed by atoms with Crippen LogP contribution in [0.15, 0.2) is 4.52 Å². The lowest BCUT2D eigenvalue weighted by Gasteiger charge is -2.21. The fourth-order valence-corrected chi connectivity index (χ4v) is 1.91. The van der Waals surface area contributed by atoms with Gasteiger partial charge in [-0.15, -0.1) is 0 Å². The van der Waals surface area contributed by atoms with Gasteiger partial charge in [0.1, 0.15) is 0 Å². The Labute approximate surface area is 89.6 Å². The number of nitrogens with one attached hydrogen (secondary N) is 2. The molecule has 84 valence electrons. The van der Waals surface area contributed by atoms with Gasteiger partial charge in [0.2, 0.25) is 5.89 Å². The molecule has 0 bridgehead atoms. The molecule has 1 saturated heterocycles. The van der Waals surface area contributed by atoms with E-state index >= 15 is 0 Å². The molecule has 1 aliphatic heterocycles. The fourth-order valence-electron chi connectivity index (χ4n) is 1.91. The van der Waals surface area contributed by atoms with Crippen molar-refractivity contribution in [3.05, 3.63) is 11.7 Å². The van der Waals surface area contributed by atoms with E-state index in [0.717, 1.165) is 24.7 Å². The lowest BCUT2D eigenvalue weighted by molar-refractivity contribution is 0.329. The van der Waals surface area contributed by atoms with E-state index in [1.54, 1.807) is 0 Å². The quantitative estimate of drug-likeness (QED) is 0.756. The number of hydrogen-bond acceptors (Lipinski definition) is 5. The molecular weight excluding hydrogens is 192 g/mol. The van der Waals surface area contributed by atoms with E-state index in [1.165, 1.54) is 19.3 Å². The molecule has 1 aromatic heterocycles. The molecule has 5 heteroatoms. The zero-order valence-corrected chi connectivity index (χ0v) is 9.12. The lowest BCUT2D eigenvalue weighted by Crippen LogP contribution is -2.35. The zero-order chi connectivity index (χ0) is 10.5. The monoisotopic (exact) mass is 210 g/mol. The maximum Gasteiger partial charge on any atom is 0.228 e. The van der Waals surface area contributed by atoms with Gasteiger partial charge in [0.15, 0.2) is 5.82 Å². The summed E-state index contributed by atoms with van der Waals surface area (Å²) < 4.78 is 5.18. The normalized spacial score (nSPS) is 21.8. The summed E-state index contributed by atoms with van der Waals surface area (Å²) in [5.74, 6) is 1.49. The second kappa shape index (κ2) is 5.23. The van der Waals surface area contributed by atoms with Crippen LogP contribution in [0.3, 0.4) is 0 Å². The SMILES string of the molecule is CNCc1noc(CC2CCCCN2)n1. The predicted molar refractivity (Wildman–Crippen MR) is 56.4 cm³/mol. The highest BCUT2D eigenvalue weighted by atomic mass is 16.5. The highest BCUT2D eigenvalue weighted by Gasteiger charge is 2.16. The van der Waals surface area contributed by atoms with Crippen LogP contribution in [0.5, 0.6) is 0 Å². The van der Waals surface area contributed by atoms with Gasteiger partial charge in [-0.1, -0.05) is 11.6 Å². The molecule has 1 aliphatic rings. The van der Waals surface area contributed by atoms with Crippen LogP contribution < -0.4 is 10.6 Å². The summed E-state index contributed by atoms with van der Waals surface area (Å²) in [5.41, 5.74) is 0. The van der Waals surface area contributed by atoms with E-state index in [-0.39, 0.29) is 0 Å². The van der Waals surface area contributed by atoms with E-state index in [4.69, 9.17) is 4.52 Å². The zero-order valence-electron chi connectivity index (χ0n) is 9.12. The fraction of sp³-hybridized carbons (Fsp3) is 0.800. The minimum Gasteiger partial charge on any atom is -0.339 e. The first kappa shape index (κ1) is 10.6. The summed E-state index contributed by atoms with van der Waals surface area (Å²) in [5, 5.41) is 10.4. The smallest absolute Gasteiger partial charge is 0.228 e. The van der Waals surface area contributed by atoms with Crippen LogP contribution in [0.2, 0.25) is 0 Å². The Kier molecular flexibility index (Phi) is 3.69. The van der Waals surface area contributed by atoms with Crippen molar-refractivity contribution in [2.45, 2.75) is 38.3 Å². The minimum absolute atomic E-state index is 0.515. The Morgan fingerprint density at radius 3 is 3.20 bits per heavy atom. The number of nitrogens with zero attached hydrogens (tertiary/aromatic N) is 2. The van der Waals surface area contributed by atoms with Gasteiger partial charge in [-0.25, -0.2) is 0 Å². The van der Waals surface area contributed by atoms with Crippen LogP contribution in [0.1, 0.15) is 31.0 Å². The summed E-state index contributed by atoms with van der Waals surface area (Å²) in [7, 11) is 1.87. The van der Waals surface area contributed by atoms with Gasteiger partial charge >= 0.3 is 0 Å². The second-order valence-electron chi connectivity index (χ2n) is 3.99. The largest absolute Gasteiger partial charge is 0.339 e. The number of rotatable bonds is 4. The van der Waals surface area contributed by atoms with Crippen LogP contribution in [0.25, 0.3) is 0 Å². The van der Waals surface area contributed by atoms with Crippen molar-refractivity contribution in [2.75, 3.05) is 13.6 Å². The Hall–Kier alpha value is -0.940. The van der Waals surface area contributed by atoms with Gasteiger partial charge < -0.3 is 15.2 Å². The second-order valence-corrected chi connectivity index (χ2v) is 3.99. The minimum atomic E-state index is 0.515. The third-order valence-corrected chi connectivity index (χ3v) is 2.68. The van der Waals surface area contributed by atoms with Gasteiger partial charge in [-0.3, -0.25) is 0 Å². The van der Waals surface area contributed by atoms with Crippen molar-refractivity contribution in [1.82, 2.24) is 20.8 Å². The summed E-state index contributed by atoms with van der Waals surface area (Å²) in [6, 6.07) is 0.515. The molecule has 5 nitrogen and oxygen atoms in total. The summed E-state index contributed by atoms with van der Waals surface area (Å²) in [6.07, 6.45) is 4.65. The van der Waals surface area contributed by atoms with Crippen molar-refractivity contribution < 1.29 is 4.52 Å². The lowest BCUT2D eigenvalue weighted by atomic mass is 10.0. The molecule has 0 spiro atoms. The third-order valence-electron chi connectivity index (χ3n) is 2.68. The third kappa shape index (κ3) is 3.00. The van der Waals surface area contributed by atoms with Crippen LogP contribution in [-0.2, 0) is 13.0 Å². The molecule has 0 aliphatic carbocycles. The van der Waals surface area contributed by atoms with E-state index in [2.05, 4.69) is 20.8 Å². The molecule has 2 rings (SSSR count). The molecule has 1 unspecified atom stereocenters. The molecule has 2 N–H and O–H groups in total. The van der Waals surface area contributed by atoms with Crippen molar-refractivity contribution in [1.29, 1.82) is 0 Å². The van der Waals surface area contributed by atoms with E-state index in [9.17, 15) is 0 Å². The standard InChI is InChI=1S/C10H18N4O/c1-11-7-9-13-10(15-14-9)6-8-4-2-3-5-12-8/h8,11-12H,2-7H2,1H3. The summed E-state index contributed by atoms with van der Waals surface area (Å²) >= 11 is 0. The van der Waals surface area contributed by atoms with E-state index < -0.39 is 0 Å². The van der Waals surface area contributed by atoms with Gasteiger partial charge in [0.05, 0.1) is 6.54 Å². The maximum atomic E-state index is 5.18. The first-order valence-electron chi connectivity index (χ1n) is 5.58. The molecular formula is C10H18N4O. The van der Waals surface area contributed by atoms with Crippen molar-refractivity contribution in [2.24, 2.45) is 0 Å². The highest BCUT2D eigenvalue weighted by Crippen LogP contribution is 2.11. The Bertz CT molecular complexity index is 293. The van der Waals surface area contributed by atoms with E-state index in [0.29, 0.717) is 12.6 Å². The molecule has 0 amide bonds. The molecule has 0 saturated carbocycles. The topological polar surface area (TPSA) is 63.0 Å². The molecule has 0 radical (unpaired) electrons. The Balaban J connectivity index is 1.86. The van der Waals surface area contributed by atoms with Crippen LogP contribution >= 0.6 is 0 Å². The summed E-state index contributed by atoms with van der Waals surface area (Å²) in [4.78, 5) is 4.31. The number of aromatic nitrogens is 2. The predicted octanol–water partition coefficient (Wildman–Crippen LogP) is 0.474. The van der Waals surface area contributed by atoms with E-state index in [1.807, 2.05) is 7.05 Å². The molecule has 2 heterocycles. The molecule has 0 aromatic carbocycles. The number of piperidine rings is 1. The first-order valence-corrected chi connectivity index (χ1v) is 5.58. The average molecular weight is 210 g/mol. The van der Waals surface area contributed by atoms with Gasteiger partial charge in [0.25, 0.3) is 0 Å². The van der Waals surface area contributed by atoms with Crippen LogP contribution in [-0.4, -0.2) is 29.8 Å². The Morgan fingerprint density at radius 2 is 2.47 bits per heavy atom. The van der Waals surface area contributed by atoms with Crippen molar-refractivity contribution in [3.63, 3.8) is 0 Å². The average Bonchev–Trinajstić information content (AvgIpc) is 2.68. The first-order chi connectivity index (χ1) is 7.38. The van der Waals surface area contributed by atoms with Gasteiger partial charge in [0, 0.05) is 12.5 Å². The summed E-state index contributed by atoms with van der Waals surface area (Å²) in [6.45, 7) is 1.78. The number of hydrogen-bond donors (Lipinski definition) is 2. The van der Waals surface area contributed by atoms with Gasteiger partial charge in [-0.05, 0) is 26.4 Å². The molecule has 1 fully saturated rings.